The van der Waals surface area contributed by atoms with Gasteiger partial charge in [-0.15, -0.1) is 0 Å². The first kappa shape index (κ1) is 10.4. The quantitative estimate of drug-likeness (QED) is 0.559. The van der Waals surface area contributed by atoms with Crippen molar-refractivity contribution in [2.45, 2.75) is 47.1 Å². The van der Waals surface area contributed by atoms with Gasteiger partial charge in [-0.25, -0.2) is 0 Å². The first-order valence-corrected chi connectivity index (χ1v) is 4.81. The monoisotopic (exact) mass is 180 g/mol. The molecule has 1 rings (SSSR count). The molecule has 0 N–H and O–H groups in total. The lowest BCUT2D eigenvalue weighted by atomic mass is 9.76. The van der Waals surface area contributed by atoms with Crippen molar-refractivity contribution in [1.82, 2.24) is 0 Å². The van der Waals surface area contributed by atoms with Crippen LogP contribution in [-0.2, 0) is 4.74 Å². The Labute approximate surface area is 81.5 Å². The molecule has 1 aliphatic rings. The van der Waals surface area contributed by atoms with Crippen molar-refractivity contribution in [3.63, 3.8) is 0 Å². The highest BCUT2D eigenvalue weighted by Crippen LogP contribution is 2.44. The Morgan fingerprint density at radius 2 is 1.85 bits per heavy atom. The highest BCUT2D eigenvalue weighted by Gasteiger charge is 2.44. The van der Waals surface area contributed by atoms with Gasteiger partial charge in [0, 0.05) is 5.41 Å². The van der Waals surface area contributed by atoms with E-state index in [0.29, 0.717) is 0 Å². The third kappa shape index (κ3) is 1.79. The molecule has 1 nitrogen and oxygen atoms in total. The molecule has 1 unspecified atom stereocenters. The largest absolute Gasteiger partial charge is 0.488 e. The summed E-state index contributed by atoms with van der Waals surface area (Å²) in [4.78, 5) is 0. The average molecular weight is 180 g/mol. The van der Waals surface area contributed by atoms with Gasteiger partial charge in [0.2, 0.25) is 0 Å². The van der Waals surface area contributed by atoms with Gasteiger partial charge < -0.3 is 4.74 Å². The van der Waals surface area contributed by atoms with E-state index in [0.717, 1.165) is 5.76 Å². The normalized spacial score (nSPS) is 30.8. The number of hydrogen-bond donors (Lipinski definition) is 0. The minimum atomic E-state index is -0.171. The highest BCUT2D eigenvalue weighted by molar-refractivity contribution is 5.24. The van der Waals surface area contributed by atoms with Crippen LogP contribution in [0.4, 0.5) is 0 Å². The van der Waals surface area contributed by atoms with Crippen molar-refractivity contribution in [1.29, 1.82) is 0 Å². The fraction of sp³-hybridized carbons (Fsp3) is 0.667. The SMILES string of the molecule is CC(C)=CC1(C)OC(C)=CC1(C)C. The predicted molar refractivity (Wildman–Crippen MR) is 56.5 cm³/mol. The first-order chi connectivity index (χ1) is 5.77. The fourth-order valence-electron chi connectivity index (χ4n) is 1.91. The van der Waals surface area contributed by atoms with E-state index < -0.39 is 0 Å². The lowest BCUT2D eigenvalue weighted by Gasteiger charge is -2.34. The molecule has 13 heavy (non-hydrogen) atoms. The van der Waals surface area contributed by atoms with Crippen LogP contribution in [0.15, 0.2) is 23.5 Å². The summed E-state index contributed by atoms with van der Waals surface area (Å²) in [7, 11) is 0. The van der Waals surface area contributed by atoms with E-state index >= 15 is 0 Å². The molecule has 0 fully saturated rings. The third-order valence-corrected chi connectivity index (χ3v) is 2.78. The summed E-state index contributed by atoms with van der Waals surface area (Å²) in [5.74, 6) is 1.03. The molecule has 0 saturated carbocycles. The molecule has 0 aromatic heterocycles. The Morgan fingerprint density at radius 3 is 2.15 bits per heavy atom. The van der Waals surface area contributed by atoms with Crippen LogP contribution in [0.2, 0.25) is 0 Å². The molecule has 0 aromatic carbocycles. The Balaban J connectivity index is 3.02. The topological polar surface area (TPSA) is 9.23 Å². The molecule has 0 amide bonds. The zero-order valence-electron chi connectivity index (χ0n) is 9.56. The number of ether oxygens (including phenoxy) is 1. The summed E-state index contributed by atoms with van der Waals surface area (Å²) in [6.07, 6.45) is 4.41. The predicted octanol–water partition coefficient (Wildman–Crippen LogP) is 3.67. The van der Waals surface area contributed by atoms with E-state index in [-0.39, 0.29) is 11.0 Å². The number of rotatable bonds is 1. The van der Waals surface area contributed by atoms with Gasteiger partial charge in [-0.1, -0.05) is 19.4 Å². The van der Waals surface area contributed by atoms with Crippen molar-refractivity contribution >= 4 is 0 Å². The zero-order valence-corrected chi connectivity index (χ0v) is 9.56. The van der Waals surface area contributed by atoms with E-state index in [4.69, 9.17) is 4.74 Å². The van der Waals surface area contributed by atoms with Crippen LogP contribution in [0.1, 0.15) is 41.5 Å². The van der Waals surface area contributed by atoms with Gasteiger partial charge in [0.15, 0.2) is 0 Å². The van der Waals surface area contributed by atoms with Crippen LogP contribution in [0.25, 0.3) is 0 Å². The molecule has 0 radical (unpaired) electrons. The molecule has 1 heteroatoms. The summed E-state index contributed by atoms with van der Waals surface area (Å²) in [6, 6.07) is 0. The minimum absolute atomic E-state index is 0.0916. The van der Waals surface area contributed by atoms with Gasteiger partial charge in [0.1, 0.15) is 5.60 Å². The molecule has 1 heterocycles. The second kappa shape index (κ2) is 2.90. The van der Waals surface area contributed by atoms with E-state index in [1.165, 1.54) is 5.57 Å². The van der Waals surface area contributed by atoms with Crippen LogP contribution < -0.4 is 0 Å². The van der Waals surface area contributed by atoms with Crippen LogP contribution in [-0.4, -0.2) is 5.60 Å². The van der Waals surface area contributed by atoms with Gasteiger partial charge in [0.25, 0.3) is 0 Å². The molecular weight excluding hydrogens is 160 g/mol. The molecule has 0 aromatic rings. The van der Waals surface area contributed by atoms with E-state index in [1.54, 1.807) is 0 Å². The zero-order chi connectivity index (χ0) is 10.3. The molecular formula is C12H20O. The molecule has 0 saturated heterocycles. The summed E-state index contributed by atoms with van der Waals surface area (Å²) in [5.41, 5.74) is 1.23. The summed E-state index contributed by atoms with van der Waals surface area (Å²) in [6.45, 7) is 12.8. The minimum Gasteiger partial charge on any atom is -0.488 e. The Kier molecular flexibility index (Phi) is 2.31. The molecule has 0 bridgehead atoms. The van der Waals surface area contributed by atoms with Crippen molar-refractivity contribution < 1.29 is 4.74 Å². The maximum absolute atomic E-state index is 5.86. The lowest BCUT2D eigenvalue weighted by Crippen LogP contribution is -2.36. The van der Waals surface area contributed by atoms with Crippen LogP contribution in [0, 0.1) is 5.41 Å². The van der Waals surface area contributed by atoms with E-state index in [9.17, 15) is 0 Å². The van der Waals surface area contributed by atoms with Gasteiger partial charge >= 0.3 is 0 Å². The van der Waals surface area contributed by atoms with Crippen molar-refractivity contribution in [2.24, 2.45) is 5.41 Å². The van der Waals surface area contributed by atoms with E-state index in [2.05, 4.69) is 46.8 Å². The standard InChI is InChI=1S/C12H20O/c1-9(2)7-12(6)11(4,5)8-10(3)13-12/h7-8H,1-6H3. The third-order valence-electron chi connectivity index (χ3n) is 2.78. The molecule has 74 valence electrons. The first-order valence-electron chi connectivity index (χ1n) is 4.81. The Bertz CT molecular complexity index is 267. The van der Waals surface area contributed by atoms with Gasteiger partial charge in [-0.3, -0.25) is 0 Å². The second-order valence-electron chi connectivity index (χ2n) is 4.91. The van der Waals surface area contributed by atoms with E-state index in [1.807, 2.05) is 6.92 Å². The number of allylic oxidation sites excluding steroid dienone is 2. The summed E-state index contributed by atoms with van der Waals surface area (Å²) < 4.78 is 5.86. The summed E-state index contributed by atoms with van der Waals surface area (Å²) >= 11 is 0. The molecule has 0 aliphatic carbocycles. The van der Waals surface area contributed by atoms with Gasteiger partial charge in [-0.2, -0.15) is 0 Å². The summed E-state index contributed by atoms with van der Waals surface area (Å²) in [5, 5.41) is 0. The lowest BCUT2D eigenvalue weighted by molar-refractivity contribution is 0.0205. The van der Waals surface area contributed by atoms with Gasteiger partial charge in [-0.05, 0) is 39.8 Å². The highest BCUT2D eigenvalue weighted by atomic mass is 16.5. The van der Waals surface area contributed by atoms with Gasteiger partial charge in [0.05, 0.1) is 5.76 Å². The van der Waals surface area contributed by atoms with Crippen LogP contribution in [0.3, 0.4) is 0 Å². The maximum Gasteiger partial charge on any atom is 0.133 e. The second-order valence-corrected chi connectivity index (χ2v) is 4.91. The maximum atomic E-state index is 5.86. The molecule has 1 aliphatic heterocycles. The van der Waals surface area contributed by atoms with Crippen LogP contribution in [0.5, 0.6) is 0 Å². The molecule has 1 atom stereocenters. The number of hydrogen-bond acceptors (Lipinski definition) is 1. The average Bonchev–Trinajstić information content (AvgIpc) is 1.97. The fourth-order valence-corrected chi connectivity index (χ4v) is 1.91. The van der Waals surface area contributed by atoms with Crippen molar-refractivity contribution in [3.8, 4) is 0 Å². The van der Waals surface area contributed by atoms with Crippen LogP contribution >= 0.6 is 0 Å². The Morgan fingerprint density at radius 1 is 1.31 bits per heavy atom. The Hall–Kier alpha value is -0.720. The van der Waals surface area contributed by atoms with Crippen molar-refractivity contribution in [3.05, 3.63) is 23.5 Å². The van der Waals surface area contributed by atoms with Crippen molar-refractivity contribution in [2.75, 3.05) is 0 Å². The smallest absolute Gasteiger partial charge is 0.133 e. The molecule has 0 spiro atoms.